The number of rotatable bonds is 4. The molecule has 0 aliphatic heterocycles. The summed E-state index contributed by atoms with van der Waals surface area (Å²) < 4.78 is 0. The van der Waals surface area contributed by atoms with Crippen molar-refractivity contribution in [3.05, 3.63) is 139 Å². The van der Waals surface area contributed by atoms with Crippen molar-refractivity contribution in [1.82, 2.24) is 0 Å². The molecule has 1 aromatic heterocycles. The van der Waals surface area contributed by atoms with Gasteiger partial charge < -0.3 is 0 Å². The molecule has 0 aliphatic rings. The minimum atomic E-state index is -2.15. The molecule has 0 spiro atoms. The standard InChI is InChI=1S/C37H33PSi2.Au.ClH/c1-39(2,27-25-30-17-9-5-10-18-30)36-34(32-21-13-7-14-22-32)29-35(33-23-15-8-16-24-33)37(38-36)40(3,4)28-26-31-19-11-6-12-20-31;;/h5-24,29H,1-4H3;;1H/q;+1;/p-1. The topological polar surface area (TPSA) is 0 Å². The predicted molar refractivity (Wildman–Crippen MR) is 187 cm³/mol. The van der Waals surface area contributed by atoms with E-state index in [0.29, 0.717) is 0 Å². The van der Waals surface area contributed by atoms with Crippen molar-refractivity contribution in [3.63, 3.8) is 0 Å². The van der Waals surface area contributed by atoms with Crippen molar-refractivity contribution in [3.8, 4) is 45.2 Å². The monoisotopic (exact) mass is 796 g/mol. The molecule has 4 aromatic carbocycles. The fraction of sp³-hybridized carbons (Fsp3) is 0.108. The SMILES string of the molecule is C[Si](C)(C#Cc1ccccc1)c1pc([Si](C)(C)C#Cc2ccccc2)c(-c2ccccc2)cc1-c1ccccc1.[Cl][Au]. The molecule has 0 saturated heterocycles. The first-order valence-corrected chi connectivity index (χ1v) is 23.4. The molecular weight excluding hydrogens is 764 g/mol. The summed E-state index contributed by atoms with van der Waals surface area (Å²) in [5.74, 6) is 7.05. The van der Waals surface area contributed by atoms with Gasteiger partial charge in [0, 0.05) is 11.1 Å². The summed E-state index contributed by atoms with van der Waals surface area (Å²) in [6, 6.07) is 44.9. The van der Waals surface area contributed by atoms with Crippen LogP contribution in [0.3, 0.4) is 0 Å². The van der Waals surface area contributed by atoms with Crippen molar-refractivity contribution in [2.24, 2.45) is 0 Å². The van der Waals surface area contributed by atoms with Crippen LogP contribution in [0.5, 0.6) is 0 Å². The van der Waals surface area contributed by atoms with Gasteiger partial charge in [-0.2, -0.15) is 0 Å². The molecule has 0 amide bonds. The predicted octanol–water partition coefficient (Wildman–Crippen LogP) is 9.30. The third-order valence-corrected chi connectivity index (χ3v) is 16.3. The van der Waals surface area contributed by atoms with Crippen LogP contribution >= 0.6 is 17.4 Å². The number of halogens is 1. The van der Waals surface area contributed by atoms with Crippen LogP contribution < -0.4 is 9.84 Å². The number of benzene rings is 4. The van der Waals surface area contributed by atoms with Gasteiger partial charge in [0.05, 0.1) is 0 Å². The zero-order chi connectivity index (χ0) is 30.0. The van der Waals surface area contributed by atoms with Crippen LogP contribution in [-0.4, -0.2) is 16.1 Å². The Labute approximate surface area is 271 Å². The quantitative estimate of drug-likeness (QED) is 0.126. The van der Waals surface area contributed by atoms with Gasteiger partial charge in [0.25, 0.3) is 0 Å². The van der Waals surface area contributed by atoms with Crippen LogP contribution in [0.25, 0.3) is 22.3 Å². The molecule has 5 heteroatoms. The fourth-order valence-electron chi connectivity index (χ4n) is 4.76. The molecule has 1 heterocycles. The average Bonchev–Trinajstić information content (AvgIpc) is 3.05. The van der Waals surface area contributed by atoms with E-state index in [0.717, 1.165) is 11.1 Å². The first-order chi connectivity index (χ1) is 20.3. The normalized spacial score (nSPS) is 10.7. The molecule has 0 radical (unpaired) electrons. The molecule has 0 saturated carbocycles. The summed E-state index contributed by atoms with van der Waals surface area (Å²) in [7, 11) is 1.55. The van der Waals surface area contributed by atoms with Crippen molar-refractivity contribution in [1.29, 1.82) is 0 Å². The van der Waals surface area contributed by atoms with Crippen LogP contribution in [-0.2, 0) is 20.0 Å². The molecule has 0 atom stereocenters. The Morgan fingerprint density at radius 2 is 0.810 bits per heavy atom. The second kappa shape index (κ2) is 15.0. The van der Waals surface area contributed by atoms with E-state index in [2.05, 4.69) is 174 Å². The third kappa shape index (κ3) is 8.14. The number of hydrogen-bond donors (Lipinski definition) is 0. The van der Waals surface area contributed by atoms with Gasteiger partial charge >= 0.3 is 29.2 Å². The van der Waals surface area contributed by atoms with E-state index in [-0.39, 0.29) is 0 Å². The van der Waals surface area contributed by atoms with Crippen LogP contribution in [0.2, 0.25) is 26.2 Å². The average molecular weight is 797 g/mol. The van der Waals surface area contributed by atoms with Crippen molar-refractivity contribution < 1.29 is 20.0 Å². The summed E-state index contributed by atoms with van der Waals surface area (Å²) in [5.41, 5.74) is 14.9. The Hall–Kier alpha value is -2.89. The van der Waals surface area contributed by atoms with E-state index < -0.39 is 16.1 Å². The van der Waals surface area contributed by atoms with Crippen LogP contribution in [0.4, 0.5) is 0 Å². The Balaban J connectivity index is 0.00000198. The van der Waals surface area contributed by atoms with Crippen molar-refractivity contribution in [2.75, 3.05) is 0 Å². The molecule has 0 fully saturated rings. The fourth-order valence-corrected chi connectivity index (χ4v) is 12.1. The molecule has 0 N–H and O–H groups in total. The van der Waals surface area contributed by atoms with E-state index in [1.165, 1.54) is 40.3 Å². The van der Waals surface area contributed by atoms with E-state index in [4.69, 9.17) is 0 Å². The molecule has 0 unspecified atom stereocenters. The maximum absolute atomic E-state index is 4.58. The molecule has 0 aliphatic carbocycles. The first-order valence-electron chi connectivity index (χ1n) is 13.8. The van der Waals surface area contributed by atoms with E-state index in [1.54, 1.807) is 20.0 Å². The molecule has 42 heavy (non-hydrogen) atoms. The second-order valence-electron chi connectivity index (χ2n) is 11.0. The Morgan fingerprint density at radius 3 is 1.14 bits per heavy atom. The van der Waals surface area contributed by atoms with E-state index >= 15 is 0 Å². The maximum atomic E-state index is 4.58. The summed E-state index contributed by atoms with van der Waals surface area (Å²) in [4.78, 5) is 2.94. The molecule has 5 rings (SSSR count). The molecular formula is C37H33AuClPSi2. The summed E-state index contributed by atoms with van der Waals surface area (Å²) in [5, 5.41) is 0. The first kappa shape index (κ1) is 32.0. The Bertz CT molecular complexity index is 1610. The molecule has 212 valence electrons. The van der Waals surface area contributed by atoms with E-state index in [9.17, 15) is 0 Å². The Kier molecular flexibility index (Phi) is 11.5. The summed E-state index contributed by atoms with van der Waals surface area (Å²) in [6.45, 7) is 9.60. The van der Waals surface area contributed by atoms with Gasteiger partial charge in [0.15, 0.2) is 16.1 Å². The van der Waals surface area contributed by atoms with Crippen LogP contribution in [0.1, 0.15) is 11.1 Å². The minimum absolute atomic E-state index is 1.07. The van der Waals surface area contributed by atoms with Gasteiger partial charge in [-0.25, -0.2) is 0 Å². The van der Waals surface area contributed by atoms with Crippen molar-refractivity contribution in [2.45, 2.75) is 26.2 Å². The second-order valence-corrected chi connectivity index (χ2v) is 21.0. The zero-order valence-electron chi connectivity index (χ0n) is 24.3. The van der Waals surface area contributed by atoms with Gasteiger partial charge in [-0.1, -0.05) is 143 Å². The molecule has 0 nitrogen and oxygen atoms in total. The molecule has 0 bridgehead atoms. The summed E-state index contributed by atoms with van der Waals surface area (Å²) >= 11 is 1.75. The van der Waals surface area contributed by atoms with Gasteiger partial charge in [0.2, 0.25) is 0 Å². The zero-order valence-corrected chi connectivity index (χ0v) is 30.1. The van der Waals surface area contributed by atoms with Crippen LogP contribution in [0, 0.1) is 22.9 Å². The number of hydrogen-bond acceptors (Lipinski definition) is 0. The van der Waals surface area contributed by atoms with Crippen LogP contribution in [0.15, 0.2) is 127 Å². The Morgan fingerprint density at radius 1 is 0.500 bits per heavy atom. The van der Waals surface area contributed by atoms with Gasteiger partial charge in [0.1, 0.15) is 0 Å². The third-order valence-electron chi connectivity index (χ3n) is 6.96. The van der Waals surface area contributed by atoms with Gasteiger partial charge in [-0.3, -0.25) is 0 Å². The summed E-state index contributed by atoms with van der Waals surface area (Å²) in [6.07, 6.45) is 0. The van der Waals surface area contributed by atoms with E-state index in [1.807, 2.05) is 12.1 Å². The van der Waals surface area contributed by atoms with Crippen molar-refractivity contribution >= 4 is 43.4 Å². The van der Waals surface area contributed by atoms with Gasteiger partial charge in [-0.05, 0) is 62.4 Å². The van der Waals surface area contributed by atoms with Gasteiger partial charge in [-0.15, -0.1) is 11.1 Å². The molecule has 5 aromatic rings.